The minimum Gasteiger partial charge on any atom is -0.404 e. The van der Waals surface area contributed by atoms with Gasteiger partial charge in [-0.2, -0.15) is 0 Å². The van der Waals surface area contributed by atoms with Gasteiger partial charge in [0.25, 0.3) is 23.6 Å². The second kappa shape index (κ2) is 29.7. The van der Waals surface area contributed by atoms with Crippen LogP contribution in [0, 0.1) is 11.3 Å². The van der Waals surface area contributed by atoms with E-state index in [-0.39, 0.29) is 123 Å². The predicted molar refractivity (Wildman–Crippen MR) is 346 cm³/mol. The number of fused-ring (bicyclic) bond motifs is 6. The highest BCUT2D eigenvalue weighted by Crippen LogP contribution is 2.51. The molecule has 0 saturated heterocycles. The number of urea groups is 1. The number of imide groups is 1. The summed E-state index contributed by atoms with van der Waals surface area (Å²) in [5.74, 6) is -5.43. The molecular formula is C64H69Cl2N7O17P2. The fourth-order valence-electron chi connectivity index (χ4n) is 12.3. The number of hydrogen-bond donors (Lipinski definition) is 8. The lowest BCUT2D eigenvalue weighted by Crippen LogP contribution is -2.47. The van der Waals surface area contributed by atoms with Crippen molar-refractivity contribution in [1.82, 2.24) is 15.5 Å². The summed E-state index contributed by atoms with van der Waals surface area (Å²) in [6.07, 6.45) is 11.4. The van der Waals surface area contributed by atoms with Gasteiger partial charge < -0.3 is 40.5 Å². The Morgan fingerprint density at radius 1 is 0.663 bits per heavy atom. The van der Waals surface area contributed by atoms with Crippen molar-refractivity contribution in [1.29, 1.82) is 0 Å². The quantitative estimate of drug-likeness (QED) is 0.00531. The van der Waals surface area contributed by atoms with Crippen molar-refractivity contribution in [3.63, 3.8) is 0 Å². The highest BCUT2D eigenvalue weighted by atomic mass is 35.5. The number of primary amides is 1. The number of halogens is 2. The van der Waals surface area contributed by atoms with Crippen LogP contribution in [0.5, 0.6) is 11.5 Å². The topological polar surface area (TPSA) is 359 Å². The number of hydrogen-bond acceptors (Lipinski definition) is 13. The summed E-state index contributed by atoms with van der Waals surface area (Å²) in [7, 11) is -10.1. The number of unbranched alkanes of at least 4 members (excludes halogenated alkanes) is 3. The highest BCUT2D eigenvalue weighted by molar-refractivity contribution is 7.47. The molecule has 0 radical (unpaired) electrons. The molecule has 0 unspecified atom stereocenters. The van der Waals surface area contributed by atoms with Crippen LogP contribution >= 0.6 is 38.8 Å². The number of anilines is 3. The van der Waals surface area contributed by atoms with Crippen LogP contribution in [0.3, 0.4) is 0 Å². The lowest BCUT2D eigenvalue weighted by molar-refractivity contribution is -0.149. The first-order chi connectivity index (χ1) is 43.9. The van der Waals surface area contributed by atoms with Crippen LogP contribution in [0.4, 0.5) is 21.9 Å². The van der Waals surface area contributed by atoms with Gasteiger partial charge in [0.1, 0.15) is 23.1 Å². The van der Waals surface area contributed by atoms with Crippen LogP contribution in [0.1, 0.15) is 111 Å². The lowest BCUT2D eigenvalue weighted by Gasteiger charge is -2.39. The van der Waals surface area contributed by atoms with Gasteiger partial charge in [-0.1, -0.05) is 79.9 Å². The molecule has 0 bridgehead atoms. The van der Waals surface area contributed by atoms with Crippen LogP contribution in [0.25, 0.3) is 33.7 Å². The van der Waals surface area contributed by atoms with E-state index in [2.05, 4.69) is 16.0 Å². The predicted octanol–water partition coefficient (Wildman–Crippen LogP) is 8.78. The Morgan fingerprint density at radius 2 is 1.21 bits per heavy atom. The maximum atomic E-state index is 14.3. The minimum atomic E-state index is -5.06. The number of Topliss-reactive ketones (excluding diaryl/α,β-unsaturated/α-hetero) is 2. The molecular weight excluding hydrogens is 1270 g/mol. The fourth-order valence-corrected chi connectivity index (χ4v) is 13.7. The van der Waals surface area contributed by atoms with Crippen molar-refractivity contribution < 1.29 is 80.9 Å². The number of carbonyl (C=O) groups excluding carboxylic acids is 9. The minimum absolute atomic E-state index is 0.0885. The third kappa shape index (κ3) is 16.2. The van der Waals surface area contributed by atoms with Crippen LogP contribution in [-0.4, -0.2) is 122 Å². The first-order valence-corrected chi connectivity index (χ1v) is 34.1. The number of benzene rings is 5. The summed E-state index contributed by atoms with van der Waals surface area (Å²) < 4.78 is 34.4. The Balaban J connectivity index is 0.923. The van der Waals surface area contributed by atoms with Gasteiger partial charge in [-0.05, 0) is 89.8 Å². The summed E-state index contributed by atoms with van der Waals surface area (Å²) in [5, 5.41) is 10.0. The van der Waals surface area contributed by atoms with Gasteiger partial charge in [-0.25, -0.2) is 13.9 Å². The number of phosphoric acid groups is 2. The number of amides is 8. The molecule has 24 nitrogen and oxygen atoms in total. The third-order valence-electron chi connectivity index (χ3n) is 17.0. The average molecular weight is 1340 g/mol. The van der Waals surface area contributed by atoms with E-state index in [0.717, 1.165) is 4.90 Å². The molecule has 486 valence electrons. The molecule has 92 heavy (non-hydrogen) atoms. The molecule has 8 amide bonds. The third-order valence-corrected chi connectivity index (χ3v) is 18.6. The Kier molecular flexibility index (Phi) is 22.1. The highest BCUT2D eigenvalue weighted by Gasteiger charge is 2.50. The van der Waals surface area contributed by atoms with Gasteiger partial charge in [0.15, 0.2) is 0 Å². The van der Waals surface area contributed by atoms with Gasteiger partial charge in [0.2, 0.25) is 11.8 Å². The van der Waals surface area contributed by atoms with Crippen LogP contribution < -0.4 is 40.5 Å². The summed E-state index contributed by atoms with van der Waals surface area (Å²) >= 11 is 12.9. The molecule has 4 aliphatic rings. The zero-order valence-corrected chi connectivity index (χ0v) is 53.1. The molecule has 9 N–H and O–H groups in total. The lowest BCUT2D eigenvalue weighted by atomic mass is 9.61. The van der Waals surface area contributed by atoms with Crippen molar-refractivity contribution in [2.75, 3.05) is 59.6 Å². The number of nitrogens with zero attached hydrogens (tertiary/aromatic N) is 3. The van der Waals surface area contributed by atoms with Crippen LogP contribution in [0.15, 0.2) is 103 Å². The van der Waals surface area contributed by atoms with Gasteiger partial charge in [-0.15, -0.1) is 23.2 Å². The Morgan fingerprint density at radius 3 is 1.73 bits per heavy atom. The number of nitrogens with two attached hydrogens (primary N) is 1. The molecule has 0 spiro atoms. The summed E-state index contributed by atoms with van der Waals surface area (Å²) in [5.41, 5.74) is 6.84. The van der Waals surface area contributed by atoms with E-state index in [0.29, 0.717) is 100 Å². The van der Waals surface area contributed by atoms with Crippen LogP contribution in [-0.2, 0) is 47.5 Å². The number of rotatable bonds is 30. The first-order valence-electron chi connectivity index (χ1n) is 30.0. The second-order valence-electron chi connectivity index (χ2n) is 23.0. The largest absolute Gasteiger partial charge is 0.524 e. The average Bonchev–Trinajstić information content (AvgIpc) is 1.56. The zero-order chi connectivity index (χ0) is 66.1. The molecule has 1 aliphatic carbocycles. The van der Waals surface area contributed by atoms with E-state index in [1.54, 1.807) is 60.7 Å². The molecule has 5 aromatic carbocycles. The van der Waals surface area contributed by atoms with Crippen molar-refractivity contribution in [3.05, 3.63) is 125 Å². The SMILES string of the molecule is NC(=O)NCCC[C@H](CC(=O)C1(C(=O)CCCCCCN2C(=O)C=CC2=O)CCC1)C(=O)NCCC(=O)Nc1cc(/C=C/C(=O)N2C[C@@H](CCl)c3c2cc(OP(=O)(O)O)c2ccccc32)ccc1/C=C/C(=O)N1C[C@@H](CCl)c2c1cc(OP(=O)(O)O)c1ccccc21. The summed E-state index contributed by atoms with van der Waals surface area (Å²) in [4.78, 5) is 163. The molecule has 3 heterocycles. The molecule has 28 heteroatoms. The number of ketones is 2. The normalized spacial score (nSPS) is 17.1. The molecule has 9 rings (SSSR count). The summed E-state index contributed by atoms with van der Waals surface area (Å²) in [6, 6.07) is 20.3. The Labute approximate surface area is 539 Å². The number of alkyl halides is 2. The van der Waals surface area contributed by atoms with E-state index in [9.17, 15) is 71.9 Å². The Bertz CT molecular complexity index is 3940. The van der Waals surface area contributed by atoms with E-state index < -0.39 is 62.6 Å². The van der Waals surface area contributed by atoms with E-state index in [1.165, 1.54) is 64.5 Å². The maximum Gasteiger partial charge on any atom is 0.524 e. The number of carbonyl (C=O) groups is 9. The van der Waals surface area contributed by atoms with Crippen molar-refractivity contribution in [3.8, 4) is 11.5 Å². The van der Waals surface area contributed by atoms with E-state index >= 15 is 0 Å². The van der Waals surface area contributed by atoms with Gasteiger partial charge in [0.05, 0.1) is 16.8 Å². The first kappa shape index (κ1) is 68.3. The van der Waals surface area contributed by atoms with Gasteiger partial charge in [0, 0.05) is 134 Å². The summed E-state index contributed by atoms with van der Waals surface area (Å²) in [6.45, 7) is 0.354. The monoisotopic (exact) mass is 1340 g/mol. The molecule has 3 aliphatic heterocycles. The smallest absolute Gasteiger partial charge is 0.404 e. The molecule has 0 aromatic heterocycles. The van der Waals surface area contributed by atoms with Gasteiger partial charge in [-0.3, -0.25) is 62.8 Å². The fraction of sp³-hybridized carbons (Fsp3) is 0.359. The van der Waals surface area contributed by atoms with Crippen molar-refractivity contribution in [2.24, 2.45) is 17.1 Å². The molecule has 1 fully saturated rings. The molecule has 3 atom stereocenters. The van der Waals surface area contributed by atoms with Crippen molar-refractivity contribution >= 4 is 143 Å². The standard InChI is InChI=1S/C64H69Cl2N7O17P2/c65-35-42-37-72(49-33-51(89-91(83,84)85)44-12-4-6-14-46(44)60(42)49)58(79)21-18-39-17-19-40(20-22-59(80)73-38-43(36-66)61-47-15-7-5-13-45(47)52(34-50(61)73)90-92(86,87)88)48(31-39)70-55(76)25-29-68-62(81)41(11-9-28-69-63(67)82)32-54(75)64(26-10-27-64)53(74)16-3-1-2-8-30-71-56(77)23-24-57(71)78/h4-7,12-15,17-24,31,33-34,41-43H,1-3,8-11,16,25-30,32,35-38H2,(H,68,81)(H,70,76)(H3,67,69,82)(H2,83,84,85)(H2,86,87,88)/b21-18+,22-20+/t41-,42-,43-/m1/s1. The van der Waals surface area contributed by atoms with Gasteiger partial charge >= 0.3 is 21.7 Å². The molecule has 1 saturated carbocycles. The Hall–Kier alpha value is -8.05. The molecule has 5 aromatic rings. The second-order valence-corrected chi connectivity index (χ2v) is 26.0. The van der Waals surface area contributed by atoms with Crippen molar-refractivity contribution in [2.45, 2.75) is 88.9 Å². The van der Waals surface area contributed by atoms with E-state index in [4.69, 9.17) is 38.0 Å². The maximum absolute atomic E-state index is 14.3. The van der Waals surface area contributed by atoms with Crippen LogP contribution in [0.2, 0.25) is 0 Å². The number of phosphoric ester groups is 2. The number of nitrogens with one attached hydrogen (secondary N) is 3. The van der Waals surface area contributed by atoms with E-state index in [1.807, 2.05) is 0 Å². The zero-order valence-electron chi connectivity index (χ0n) is 49.8.